The molecule has 0 saturated heterocycles. The van der Waals surface area contributed by atoms with Crippen molar-refractivity contribution in [1.82, 2.24) is 0 Å². The molecule has 84 valence electrons. The largest absolute Gasteiger partial charge is 0.467 e. The third-order valence-corrected chi connectivity index (χ3v) is 1.97. The number of carbonyl (C=O) groups is 1. The van der Waals surface area contributed by atoms with E-state index in [-0.39, 0.29) is 12.4 Å². The first-order chi connectivity index (χ1) is 6.66. The van der Waals surface area contributed by atoms with Gasteiger partial charge in [0.15, 0.2) is 6.10 Å². The van der Waals surface area contributed by atoms with Crippen LogP contribution in [0.4, 0.5) is 0 Å². The summed E-state index contributed by atoms with van der Waals surface area (Å²) < 4.78 is 4.39. The lowest BCUT2D eigenvalue weighted by Gasteiger charge is -2.16. The molecule has 0 unspecified atom stereocenters. The van der Waals surface area contributed by atoms with Crippen molar-refractivity contribution in [3.8, 4) is 0 Å². The molecule has 0 bridgehead atoms. The Bertz CT molecular complexity index is 305. The number of methoxy groups -OCH3 is 1. The van der Waals surface area contributed by atoms with Gasteiger partial charge >= 0.3 is 5.97 Å². The maximum Gasteiger partial charge on any atom is 0.336 e. The number of aliphatic hydroxyl groups excluding tert-OH is 1. The standard InChI is InChI=1S/C10H13NO3.ClH/c1-14-10(13)9(12)8(11)7-5-3-2-4-6-7;/h2-6,8-9,12H,11H2,1H3;1H/t8-,9+;/m0./s1. The fraction of sp³-hybridized carbons (Fsp3) is 0.300. The predicted molar refractivity (Wildman–Crippen MR) is 58.6 cm³/mol. The molecule has 0 heterocycles. The van der Waals surface area contributed by atoms with E-state index in [2.05, 4.69) is 4.74 Å². The molecule has 5 heteroatoms. The molecule has 0 spiro atoms. The van der Waals surface area contributed by atoms with Crippen LogP contribution < -0.4 is 5.73 Å². The Morgan fingerprint density at radius 3 is 2.40 bits per heavy atom. The molecule has 0 aliphatic rings. The summed E-state index contributed by atoms with van der Waals surface area (Å²) in [4.78, 5) is 11.0. The molecule has 0 aromatic heterocycles. The van der Waals surface area contributed by atoms with Crippen molar-refractivity contribution in [2.45, 2.75) is 12.1 Å². The number of hydrogen-bond acceptors (Lipinski definition) is 4. The van der Waals surface area contributed by atoms with E-state index < -0.39 is 18.1 Å². The third kappa shape index (κ3) is 3.51. The Balaban J connectivity index is 0.00000196. The summed E-state index contributed by atoms with van der Waals surface area (Å²) in [6, 6.07) is 8.16. The first kappa shape index (κ1) is 13.9. The molecule has 0 radical (unpaired) electrons. The second-order valence-corrected chi connectivity index (χ2v) is 2.90. The fourth-order valence-corrected chi connectivity index (χ4v) is 1.12. The first-order valence-corrected chi connectivity index (χ1v) is 4.23. The molecule has 15 heavy (non-hydrogen) atoms. The first-order valence-electron chi connectivity index (χ1n) is 4.23. The minimum Gasteiger partial charge on any atom is -0.467 e. The molecule has 0 fully saturated rings. The SMILES string of the molecule is COC(=O)[C@H](O)[C@@H](N)c1ccccc1.Cl. The van der Waals surface area contributed by atoms with Gasteiger partial charge in [-0.3, -0.25) is 0 Å². The van der Waals surface area contributed by atoms with E-state index in [1.54, 1.807) is 24.3 Å². The van der Waals surface area contributed by atoms with Crippen molar-refractivity contribution >= 4 is 18.4 Å². The molecule has 0 amide bonds. The van der Waals surface area contributed by atoms with Gasteiger partial charge in [-0.05, 0) is 5.56 Å². The van der Waals surface area contributed by atoms with E-state index in [9.17, 15) is 9.90 Å². The van der Waals surface area contributed by atoms with Crippen molar-refractivity contribution in [1.29, 1.82) is 0 Å². The van der Waals surface area contributed by atoms with Crippen LogP contribution in [0.25, 0.3) is 0 Å². The van der Waals surface area contributed by atoms with E-state index in [1.165, 1.54) is 7.11 Å². The summed E-state index contributed by atoms with van der Waals surface area (Å²) in [5, 5.41) is 9.44. The minimum absolute atomic E-state index is 0. The van der Waals surface area contributed by atoms with E-state index in [0.29, 0.717) is 5.56 Å². The number of hydrogen-bond donors (Lipinski definition) is 2. The van der Waals surface area contributed by atoms with Crippen LogP contribution in [0.1, 0.15) is 11.6 Å². The van der Waals surface area contributed by atoms with Gasteiger partial charge in [-0.2, -0.15) is 0 Å². The number of carbonyl (C=O) groups excluding carboxylic acids is 1. The average Bonchev–Trinajstić information content (AvgIpc) is 2.27. The van der Waals surface area contributed by atoms with Crippen molar-refractivity contribution in [2.75, 3.05) is 7.11 Å². The Kier molecular flexibility index (Phi) is 5.93. The zero-order chi connectivity index (χ0) is 10.6. The average molecular weight is 232 g/mol. The molecule has 0 saturated carbocycles. The molecule has 4 nitrogen and oxygen atoms in total. The predicted octanol–water partition coefficient (Wildman–Crippen LogP) is 0.642. The lowest BCUT2D eigenvalue weighted by molar-refractivity contribution is -0.151. The van der Waals surface area contributed by atoms with Gasteiger partial charge in [-0.15, -0.1) is 12.4 Å². The number of nitrogens with two attached hydrogens (primary N) is 1. The van der Waals surface area contributed by atoms with Crippen molar-refractivity contribution in [2.24, 2.45) is 5.73 Å². The summed E-state index contributed by atoms with van der Waals surface area (Å²) in [6.07, 6.45) is -1.32. The number of benzene rings is 1. The fourth-order valence-electron chi connectivity index (χ4n) is 1.12. The normalized spacial score (nSPS) is 13.5. The molecule has 1 rings (SSSR count). The van der Waals surface area contributed by atoms with Crippen LogP contribution in [0.15, 0.2) is 30.3 Å². The Hall–Kier alpha value is -1.10. The van der Waals surface area contributed by atoms with Gasteiger partial charge < -0.3 is 15.6 Å². The molecule has 2 atom stereocenters. The lowest BCUT2D eigenvalue weighted by Crippen LogP contribution is -2.34. The Morgan fingerprint density at radius 1 is 1.40 bits per heavy atom. The third-order valence-electron chi connectivity index (χ3n) is 1.97. The summed E-state index contributed by atoms with van der Waals surface area (Å²) in [5.74, 6) is -0.721. The summed E-state index contributed by atoms with van der Waals surface area (Å²) in [7, 11) is 1.21. The van der Waals surface area contributed by atoms with Crippen LogP contribution in [0, 0.1) is 0 Å². The number of aliphatic hydroxyl groups is 1. The maximum atomic E-state index is 11.0. The Morgan fingerprint density at radius 2 is 1.93 bits per heavy atom. The highest BCUT2D eigenvalue weighted by atomic mass is 35.5. The van der Waals surface area contributed by atoms with Gasteiger partial charge in [0.1, 0.15) is 0 Å². The summed E-state index contributed by atoms with van der Waals surface area (Å²) in [5.41, 5.74) is 6.36. The van der Waals surface area contributed by atoms with Crippen molar-refractivity contribution in [3.05, 3.63) is 35.9 Å². The Labute approximate surface area is 94.5 Å². The number of halogens is 1. The monoisotopic (exact) mass is 231 g/mol. The van der Waals surface area contributed by atoms with Crippen LogP contribution >= 0.6 is 12.4 Å². The molecule has 0 aliphatic carbocycles. The molecule has 1 aromatic rings. The molecule has 3 N–H and O–H groups in total. The van der Waals surface area contributed by atoms with Crippen LogP contribution in [0.2, 0.25) is 0 Å². The number of ether oxygens (including phenoxy) is 1. The highest BCUT2D eigenvalue weighted by molar-refractivity contribution is 5.85. The zero-order valence-corrected chi connectivity index (χ0v) is 9.11. The van der Waals surface area contributed by atoms with Gasteiger partial charge in [0, 0.05) is 0 Å². The zero-order valence-electron chi connectivity index (χ0n) is 8.29. The van der Waals surface area contributed by atoms with Crippen molar-refractivity contribution in [3.63, 3.8) is 0 Å². The topological polar surface area (TPSA) is 72.5 Å². The van der Waals surface area contributed by atoms with Crippen LogP contribution in [-0.2, 0) is 9.53 Å². The minimum atomic E-state index is -1.32. The van der Waals surface area contributed by atoms with E-state index in [0.717, 1.165) is 0 Å². The van der Waals surface area contributed by atoms with Crippen LogP contribution in [-0.4, -0.2) is 24.3 Å². The highest BCUT2D eigenvalue weighted by Crippen LogP contribution is 2.14. The van der Waals surface area contributed by atoms with Crippen LogP contribution in [0.5, 0.6) is 0 Å². The second-order valence-electron chi connectivity index (χ2n) is 2.90. The quantitative estimate of drug-likeness (QED) is 0.749. The van der Waals surface area contributed by atoms with Gasteiger partial charge in [0.2, 0.25) is 0 Å². The van der Waals surface area contributed by atoms with Crippen molar-refractivity contribution < 1.29 is 14.6 Å². The van der Waals surface area contributed by atoms with Gasteiger partial charge in [-0.25, -0.2) is 4.79 Å². The smallest absolute Gasteiger partial charge is 0.336 e. The van der Waals surface area contributed by atoms with E-state index in [1.807, 2.05) is 6.07 Å². The maximum absolute atomic E-state index is 11.0. The number of esters is 1. The molecular weight excluding hydrogens is 218 g/mol. The molecule has 1 aromatic carbocycles. The number of rotatable bonds is 3. The van der Waals surface area contributed by atoms with Gasteiger partial charge in [-0.1, -0.05) is 30.3 Å². The summed E-state index contributed by atoms with van der Waals surface area (Å²) in [6.45, 7) is 0. The van der Waals surface area contributed by atoms with E-state index in [4.69, 9.17) is 5.73 Å². The molecular formula is C10H14ClNO3. The summed E-state index contributed by atoms with van der Waals surface area (Å²) >= 11 is 0. The van der Waals surface area contributed by atoms with Gasteiger partial charge in [0.05, 0.1) is 13.2 Å². The van der Waals surface area contributed by atoms with Crippen LogP contribution in [0.3, 0.4) is 0 Å². The highest BCUT2D eigenvalue weighted by Gasteiger charge is 2.24. The van der Waals surface area contributed by atoms with E-state index >= 15 is 0 Å². The lowest BCUT2D eigenvalue weighted by atomic mass is 10.0. The second kappa shape index (κ2) is 6.40. The van der Waals surface area contributed by atoms with Gasteiger partial charge in [0.25, 0.3) is 0 Å². The molecule has 0 aliphatic heterocycles.